The van der Waals surface area contributed by atoms with Gasteiger partial charge in [0.05, 0.1) is 35.5 Å². The van der Waals surface area contributed by atoms with Crippen molar-refractivity contribution in [2.75, 3.05) is 47.8 Å². The number of anilines is 4. The van der Waals surface area contributed by atoms with Crippen LogP contribution in [0.15, 0.2) is 41.7 Å². The highest BCUT2D eigenvalue weighted by Gasteiger charge is 2.27. The minimum Gasteiger partial charge on any atom is -0.368 e. The molecule has 3 fully saturated rings. The van der Waals surface area contributed by atoms with Gasteiger partial charge < -0.3 is 10.2 Å². The van der Waals surface area contributed by atoms with E-state index in [4.69, 9.17) is 4.98 Å². The number of piperazine rings is 1. The average molecular weight is 652 g/mol. The number of pyridine rings is 2. The molecular weight excluding hydrogens is 614 g/mol. The van der Waals surface area contributed by atoms with E-state index in [0.717, 1.165) is 63.2 Å². The lowest BCUT2D eigenvalue weighted by molar-refractivity contribution is -0.120. The minimum atomic E-state index is -0.476. The smallest absolute Gasteiger partial charge is 0.329 e. The number of ketones is 1. The first kappa shape index (κ1) is 31.3. The number of amides is 3. The summed E-state index contributed by atoms with van der Waals surface area (Å²) in [6.07, 6.45) is 10.8. The summed E-state index contributed by atoms with van der Waals surface area (Å²) < 4.78 is 1.70. The van der Waals surface area contributed by atoms with Gasteiger partial charge in [-0.1, -0.05) is 12.8 Å². The number of Topliss-reactive ketones (excluding diaryl/α,β-unsaturated/α-hetero) is 1. The van der Waals surface area contributed by atoms with Gasteiger partial charge in [-0.3, -0.25) is 39.1 Å². The molecule has 15 heteroatoms. The first-order valence-electron chi connectivity index (χ1n) is 16.3. The van der Waals surface area contributed by atoms with Crippen LogP contribution in [0.5, 0.6) is 0 Å². The van der Waals surface area contributed by atoms with Gasteiger partial charge in [0, 0.05) is 63.3 Å². The monoisotopic (exact) mass is 651 g/mol. The summed E-state index contributed by atoms with van der Waals surface area (Å²) in [5, 5.41) is 6.19. The van der Waals surface area contributed by atoms with E-state index < -0.39 is 6.03 Å². The summed E-state index contributed by atoms with van der Waals surface area (Å²) in [5.74, 6) is 0.814. The molecule has 2 aliphatic heterocycles. The Morgan fingerprint density at radius 3 is 2.40 bits per heavy atom. The Morgan fingerprint density at radius 2 is 1.73 bits per heavy atom. The number of carbonyl (C=O) groups is 3. The predicted molar refractivity (Wildman–Crippen MR) is 179 cm³/mol. The lowest BCUT2D eigenvalue weighted by Crippen LogP contribution is -2.50. The van der Waals surface area contributed by atoms with Crippen molar-refractivity contribution in [3.05, 3.63) is 64.1 Å². The number of imide groups is 1. The van der Waals surface area contributed by atoms with Crippen molar-refractivity contribution in [2.24, 2.45) is 0 Å². The van der Waals surface area contributed by atoms with E-state index in [1.165, 1.54) is 11.8 Å². The fourth-order valence-corrected chi connectivity index (χ4v) is 6.82. The second kappa shape index (κ2) is 13.1. The zero-order chi connectivity index (χ0) is 33.4. The molecule has 4 aromatic heterocycles. The number of aromatic nitrogens is 6. The van der Waals surface area contributed by atoms with E-state index in [2.05, 4.69) is 40.4 Å². The van der Waals surface area contributed by atoms with Gasteiger partial charge in [0.25, 0.3) is 5.56 Å². The topological polar surface area (TPSA) is 171 Å². The number of nitrogens with one attached hydrogen (secondary N) is 2. The SMILES string of the molecule is CC(=O)c1c(C)c2cnc(Nc3ccc(N4CCN(Cc5cnc(N6CCC(=O)NC6=O)cn5)CC4)cn3)nc2n(C2CCCC2)c1=O. The Hall–Kier alpha value is -5.31. The van der Waals surface area contributed by atoms with Gasteiger partial charge in [0.2, 0.25) is 11.9 Å². The van der Waals surface area contributed by atoms with Crippen molar-refractivity contribution in [2.45, 2.75) is 58.5 Å². The Labute approximate surface area is 276 Å². The maximum atomic E-state index is 13.5. The van der Waals surface area contributed by atoms with Gasteiger partial charge in [0.1, 0.15) is 11.5 Å². The van der Waals surface area contributed by atoms with Crippen LogP contribution in [0.25, 0.3) is 11.0 Å². The van der Waals surface area contributed by atoms with Crippen molar-refractivity contribution in [1.82, 2.24) is 39.7 Å². The number of hydrogen-bond acceptors (Lipinski definition) is 12. The summed E-state index contributed by atoms with van der Waals surface area (Å²) in [6.45, 7) is 7.44. The standard InChI is InChI=1S/C33H37N11O4/c1-20-25-17-37-32(40-30(25)44(23-5-3-4-6-23)31(47)29(20)21(2)45)38-26-8-7-24(16-35-26)42-13-11-41(12-14-42)19-22-15-36-27(18-34-22)43-10-9-28(46)39-33(43)48/h7-8,15-18,23H,3-6,9-14,19H2,1-2H3,(H,39,46,48)(H,35,37,38,40). The molecule has 248 valence electrons. The van der Waals surface area contributed by atoms with Gasteiger partial charge in [-0.05, 0) is 44.4 Å². The second-order valence-corrected chi connectivity index (χ2v) is 12.5. The van der Waals surface area contributed by atoms with Gasteiger partial charge in [-0.15, -0.1) is 0 Å². The molecule has 1 aliphatic carbocycles. The first-order chi connectivity index (χ1) is 23.2. The Morgan fingerprint density at radius 1 is 0.938 bits per heavy atom. The number of urea groups is 1. The quantitative estimate of drug-likeness (QED) is 0.267. The van der Waals surface area contributed by atoms with Crippen LogP contribution in [0.4, 0.5) is 28.1 Å². The van der Waals surface area contributed by atoms with Crippen LogP contribution in [-0.4, -0.2) is 84.8 Å². The maximum absolute atomic E-state index is 13.5. The molecule has 0 unspecified atom stereocenters. The van der Waals surface area contributed by atoms with Crippen LogP contribution in [0.1, 0.15) is 66.7 Å². The molecule has 4 aromatic rings. The van der Waals surface area contributed by atoms with Crippen LogP contribution in [0.2, 0.25) is 0 Å². The number of rotatable bonds is 8. The molecule has 48 heavy (non-hydrogen) atoms. The fraction of sp³-hybridized carbons (Fsp3) is 0.424. The molecule has 7 rings (SSSR count). The predicted octanol–water partition coefficient (Wildman–Crippen LogP) is 3.11. The minimum absolute atomic E-state index is 0.0102. The molecule has 0 aromatic carbocycles. The molecule has 6 heterocycles. The lowest BCUT2D eigenvalue weighted by Gasteiger charge is -2.35. The molecule has 0 spiro atoms. The van der Waals surface area contributed by atoms with E-state index >= 15 is 0 Å². The Kier molecular flexibility index (Phi) is 8.52. The molecule has 15 nitrogen and oxygen atoms in total. The van der Waals surface area contributed by atoms with E-state index in [-0.39, 0.29) is 41.8 Å². The third kappa shape index (κ3) is 6.20. The molecule has 0 bridgehead atoms. The van der Waals surface area contributed by atoms with Gasteiger partial charge in [-0.2, -0.15) is 4.98 Å². The van der Waals surface area contributed by atoms with Crippen LogP contribution in [-0.2, 0) is 11.3 Å². The van der Waals surface area contributed by atoms with Crippen molar-refractivity contribution in [3.63, 3.8) is 0 Å². The number of hydrogen-bond donors (Lipinski definition) is 2. The van der Waals surface area contributed by atoms with Crippen LogP contribution in [0, 0.1) is 6.92 Å². The summed E-state index contributed by atoms with van der Waals surface area (Å²) in [6, 6.07) is 3.43. The van der Waals surface area contributed by atoms with Crippen LogP contribution < -0.4 is 26.0 Å². The largest absolute Gasteiger partial charge is 0.368 e. The van der Waals surface area contributed by atoms with E-state index in [1.807, 2.05) is 18.3 Å². The number of aryl methyl sites for hydroxylation is 1. The van der Waals surface area contributed by atoms with Gasteiger partial charge in [-0.25, -0.2) is 19.7 Å². The van der Waals surface area contributed by atoms with Crippen molar-refractivity contribution in [3.8, 4) is 0 Å². The highest BCUT2D eigenvalue weighted by Crippen LogP contribution is 2.32. The van der Waals surface area contributed by atoms with E-state index in [9.17, 15) is 19.2 Å². The molecule has 1 saturated carbocycles. The summed E-state index contributed by atoms with van der Waals surface area (Å²) >= 11 is 0. The molecule has 0 atom stereocenters. The van der Waals surface area contributed by atoms with Crippen molar-refractivity contribution < 1.29 is 14.4 Å². The third-order valence-electron chi connectivity index (χ3n) is 9.38. The number of fused-ring (bicyclic) bond motifs is 1. The second-order valence-electron chi connectivity index (χ2n) is 12.5. The zero-order valence-corrected chi connectivity index (χ0v) is 27.0. The molecule has 2 saturated heterocycles. The van der Waals surface area contributed by atoms with Gasteiger partial charge in [0.15, 0.2) is 11.6 Å². The van der Waals surface area contributed by atoms with Crippen LogP contribution in [0.3, 0.4) is 0 Å². The number of nitrogens with zero attached hydrogens (tertiary/aromatic N) is 9. The molecule has 2 N–H and O–H groups in total. The fourth-order valence-electron chi connectivity index (χ4n) is 6.82. The molecule has 0 radical (unpaired) electrons. The molecular formula is C33H37N11O4. The van der Waals surface area contributed by atoms with Crippen molar-refractivity contribution in [1.29, 1.82) is 0 Å². The normalized spacial score (nSPS) is 17.6. The average Bonchev–Trinajstić information content (AvgIpc) is 3.61. The van der Waals surface area contributed by atoms with E-state index in [0.29, 0.717) is 40.7 Å². The van der Waals surface area contributed by atoms with Gasteiger partial charge >= 0.3 is 6.03 Å². The van der Waals surface area contributed by atoms with Crippen LogP contribution >= 0.6 is 0 Å². The van der Waals surface area contributed by atoms with E-state index in [1.54, 1.807) is 30.1 Å². The maximum Gasteiger partial charge on any atom is 0.329 e. The highest BCUT2D eigenvalue weighted by atomic mass is 16.2. The number of carbonyl (C=O) groups excluding carboxylic acids is 3. The molecule has 3 amide bonds. The Bertz CT molecular complexity index is 1930. The highest BCUT2D eigenvalue weighted by molar-refractivity contribution is 6.05. The summed E-state index contributed by atoms with van der Waals surface area (Å²) in [5.41, 5.74) is 2.90. The zero-order valence-electron chi connectivity index (χ0n) is 27.0. The summed E-state index contributed by atoms with van der Waals surface area (Å²) in [7, 11) is 0. The lowest BCUT2D eigenvalue weighted by atomic mass is 10.0. The first-order valence-corrected chi connectivity index (χ1v) is 16.3. The van der Waals surface area contributed by atoms with Crippen molar-refractivity contribution >= 4 is 52.0 Å². The summed E-state index contributed by atoms with van der Waals surface area (Å²) in [4.78, 5) is 78.2. The third-order valence-corrected chi connectivity index (χ3v) is 9.38. The Balaban J connectivity index is 0.983. The molecule has 3 aliphatic rings.